The number of hydrogen-bond donors (Lipinski definition) is 1. The molecule has 1 saturated heterocycles. The van der Waals surface area contributed by atoms with Gasteiger partial charge in [-0.15, -0.1) is 0 Å². The third-order valence-electron chi connectivity index (χ3n) is 3.29. The van der Waals surface area contributed by atoms with Crippen LogP contribution in [0.1, 0.15) is 19.4 Å². The third kappa shape index (κ3) is 2.76. The van der Waals surface area contributed by atoms with Crippen molar-refractivity contribution in [2.75, 3.05) is 25.5 Å². The average Bonchev–Trinajstić information content (AvgIpc) is 2.24. The summed E-state index contributed by atoms with van der Waals surface area (Å²) in [6.45, 7) is 7.36. The highest BCUT2D eigenvalue weighted by Gasteiger charge is 2.30. The first kappa shape index (κ1) is 12.3. The summed E-state index contributed by atoms with van der Waals surface area (Å²) in [6.07, 6.45) is 0. The fraction of sp³-hybridized carbons (Fsp3) is 0.538. The number of anilines is 1. The fourth-order valence-electron chi connectivity index (χ4n) is 2.10. The molecular formula is C13H19FN2O. The lowest BCUT2D eigenvalue weighted by atomic mass is 10.0. The summed E-state index contributed by atoms with van der Waals surface area (Å²) in [5.41, 5.74) is 7.32. The monoisotopic (exact) mass is 238 g/mol. The largest absolute Gasteiger partial charge is 0.398 e. The molecule has 0 aliphatic carbocycles. The summed E-state index contributed by atoms with van der Waals surface area (Å²) in [4.78, 5) is 2.32. The minimum atomic E-state index is -0.285. The van der Waals surface area contributed by atoms with Gasteiger partial charge in [-0.2, -0.15) is 0 Å². The van der Waals surface area contributed by atoms with Crippen LogP contribution in [0.4, 0.5) is 10.1 Å². The van der Waals surface area contributed by atoms with Crippen molar-refractivity contribution in [2.24, 2.45) is 0 Å². The number of nitrogens with two attached hydrogens (primary N) is 1. The van der Waals surface area contributed by atoms with Gasteiger partial charge in [-0.25, -0.2) is 4.39 Å². The van der Waals surface area contributed by atoms with Crippen LogP contribution in [0.25, 0.3) is 0 Å². The fourth-order valence-corrected chi connectivity index (χ4v) is 2.10. The van der Waals surface area contributed by atoms with Gasteiger partial charge in [-0.3, -0.25) is 4.90 Å². The Labute approximate surface area is 101 Å². The highest BCUT2D eigenvalue weighted by molar-refractivity contribution is 5.46. The summed E-state index contributed by atoms with van der Waals surface area (Å²) >= 11 is 0. The molecule has 1 aliphatic heterocycles. The predicted octanol–water partition coefficient (Wildman–Crippen LogP) is 2.02. The van der Waals surface area contributed by atoms with Crippen molar-refractivity contribution >= 4 is 5.69 Å². The molecule has 1 heterocycles. The molecule has 1 fully saturated rings. The van der Waals surface area contributed by atoms with Crippen LogP contribution >= 0.6 is 0 Å². The van der Waals surface area contributed by atoms with Gasteiger partial charge in [0.2, 0.25) is 0 Å². The zero-order valence-corrected chi connectivity index (χ0v) is 10.4. The van der Waals surface area contributed by atoms with Gasteiger partial charge in [0.25, 0.3) is 0 Å². The number of nitrogen functional groups attached to an aromatic ring is 1. The second-order valence-electron chi connectivity index (χ2n) is 5.13. The van der Waals surface area contributed by atoms with Crippen molar-refractivity contribution in [3.63, 3.8) is 0 Å². The van der Waals surface area contributed by atoms with Crippen LogP contribution < -0.4 is 5.73 Å². The molecule has 17 heavy (non-hydrogen) atoms. The van der Waals surface area contributed by atoms with E-state index in [4.69, 9.17) is 10.5 Å². The maximum absolute atomic E-state index is 13.0. The first-order valence-electron chi connectivity index (χ1n) is 5.86. The van der Waals surface area contributed by atoms with Crippen LogP contribution in [-0.4, -0.2) is 30.2 Å². The van der Waals surface area contributed by atoms with Crippen molar-refractivity contribution in [1.29, 1.82) is 0 Å². The molecular weight excluding hydrogens is 219 g/mol. The minimum absolute atomic E-state index is 0.000917. The van der Waals surface area contributed by atoms with E-state index in [-0.39, 0.29) is 11.4 Å². The van der Waals surface area contributed by atoms with Crippen molar-refractivity contribution in [2.45, 2.75) is 25.9 Å². The van der Waals surface area contributed by atoms with Crippen LogP contribution in [0.15, 0.2) is 18.2 Å². The Morgan fingerprint density at radius 3 is 2.88 bits per heavy atom. The van der Waals surface area contributed by atoms with E-state index in [1.807, 2.05) is 0 Å². The first-order chi connectivity index (χ1) is 7.99. The average molecular weight is 238 g/mol. The van der Waals surface area contributed by atoms with Gasteiger partial charge >= 0.3 is 0 Å². The molecule has 0 aromatic heterocycles. The number of rotatable bonds is 2. The maximum atomic E-state index is 13.0. The van der Waals surface area contributed by atoms with E-state index < -0.39 is 0 Å². The van der Waals surface area contributed by atoms with Gasteiger partial charge < -0.3 is 10.5 Å². The van der Waals surface area contributed by atoms with Crippen LogP contribution in [0.3, 0.4) is 0 Å². The Hall–Kier alpha value is -1.13. The predicted molar refractivity (Wildman–Crippen MR) is 66.1 cm³/mol. The van der Waals surface area contributed by atoms with E-state index >= 15 is 0 Å². The Kier molecular flexibility index (Phi) is 3.35. The number of halogens is 1. The van der Waals surface area contributed by atoms with Crippen LogP contribution in [0.5, 0.6) is 0 Å². The smallest absolute Gasteiger partial charge is 0.125 e. The quantitative estimate of drug-likeness (QED) is 0.801. The summed E-state index contributed by atoms with van der Waals surface area (Å²) in [7, 11) is 0. The van der Waals surface area contributed by atoms with Gasteiger partial charge in [-0.05, 0) is 31.5 Å². The number of benzene rings is 1. The van der Waals surface area contributed by atoms with E-state index in [0.29, 0.717) is 12.3 Å². The second-order valence-corrected chi connectivity index (χ2v) is 5.13. The highest BCUT2D eigenvalue weighted by Crippen LogP contribution is 2.24. The molecule has 2 N–H and O–H groups in total. The van der Waals surface area contributed by atoms with E-state index in [9.17, 15) is 4.39 Å². The van der Waals surface area contributed by atoms with Gasteiger partial charge in [-0.1, -0.05) is 6.07 Å². The Bertz CT molecular complexity index is 406. The molecule has 0 bridgehead atoms. The normalized spacial score (nSPS) is 20.4. The number of ether oxygens (including phenoxy) is 1. The number of hydrogen-bond acceptors (Lipinski definition) is 3. The lowest BCUT2D eigenvalue weighted by molar-refractivity contribution is -0.0551. The zero-order valence-electron chi connectivity index (χ0n) is 10.4. The third-order valence-corrected chi connectivity index (χ3v) is 3.29. The minimum Gasteiger partial charge on any atom is -0.398 e. The van der Waals surface area contributed by atoms with E-state index in [0.717, 1.165) is 25.3 Å². The molecule has 3 nitrogen and oxygen atoms in total. The maximum Gasteiger partial charge on any atom is 0.125 e. The van der Waals surface area contributed by atoms with Crippen molar-refractivity contribution in [3.8, 4) is 0 Å². The molecule has 2 rings (SSSR count). The van der Waals surface area contributed by atoms with Crippen molar-refractivity contribution in [1.82, 2.24) is 4.90 Å². The molecule has 94 valence electrons. The van der Waals surface area contributed by atoms with Crippen LogP contribution in [0, 0.1) is 5.82 Å². The van der Waals surface area contributed by atoms with E-state index in [1.54, 1.807) is 6.07 Å². The summed E-state index contributed by atoms with van der Waals surface area (Å²) in [5.74, 6) is -0.285. The highest BCUT2D eigenvalue weighted by atomic mass is 19.1. The summed E-state index contributed by atoms with van der Waals surface area (Å²) in [5, 5.41) is 0. The van der Waals surface area contributed by atoms with Gasteiger partial charge in [0.15, 0.2) is 0 Å². The summed E-state index contributed by atoms with van der Waals surface area (Å²) < 4.78 is 18.4. The molecule has 0 atom stereocenters. The topological polar surface area (TPSA) is 38.5 Å². The number of morpholine rings is 1. The molecule has 1 aromatic rings. The standard InChI is InChI=1S/C13H19FN2O/c1-13(2)9-17-6-5-16(13)8-10-3-4-11(14)7-12(10)15/h3-4,7H,5-6,8-9,15H2,1-2H3. The van der Waals surface area contributed by atoms with Crippen LogP contribution in [0.2, 0.25) is 0 Å². The zero-order chi connectivity index (χ0) is 12.5. The lowest BCUT2D eigenvalue weighted by Gasteiger charge is -2.42. The molecule has 0 radical (unpaired) electrons. The van der Waals surface area contributed by atoms with E-state index in [1.165, 1.54) is 12.1 Å². The SMILES string of the molecule is CC1(C)COCCN1Cc1ccc(F)cc1N. The Morgan fingerprint density at radius 2 is 2.24 bits per heavy atom. The van der Waals surface area contributed by atoms with Gasteiger partial charge in [0.05, 0.1) is 13.2 Å². The molecule has 0 saturated carbocycles. The summed E-state index contributed by atoms with van der Waals surface area (Å²) in [6, 6.07) is 4.60. The van der Waals surface area contributed by atoms with Gasteiger partial charge in [0.1, 0.15) is 5.82 Å². The first-order valence-corrected chi connectivity index (χ1v) is 5.86. The van der Waals surface area contributed by atoms with Crippen LogP contribution in [-0.2, 0) is 11.3 Å². The molecule has 0 amide bonds. The van der Waals surface area contributed by atoms with Crippen molar-refractivity contribution < 1.29 is 9.13 Å². The van der Waals surface area contributed by atoms with Gasteiger partial charge in [0, 0.05) is 24.3 Å². The molecule has 4 heteroatoms. The Morgan fingerprint density at radius 1 is 1.47 bits per heavy atom. The lowest BCUT2D eigenvalue weighted by Crippen LogP contribution is -2.52. The molecule has 1 aliphatic rings. The van der Waals surface area contributed by atoms with Crippen molar-refractivity contribution in [3.05, 3.63) is 29.6 Å². The molecule has 0 unspecified atom stereocenters. The molecule has 0 spiro atoms. The van der Waals surface area contributed by atoms with E-state index in [2.05, 4.69) is 18.7 Å². The Balaban J connectivity index is 2.14. The number of nitrogens with zero attached hydrogens (tertiary/aromatic N) is 1. The second kappa shape index (κ2) is 4.63. The molecule has 1 aromatic carbocycles.